The second-order valence-corrected chi connectivity index (χ2v) is 5.21. The summed E-state index contributed by atoms with van der Waals surface area (Å²) in [5.41, 5.74) is 3.34. The zero-order valence-electron chi connectivity index (χ0n) is 12.5. The molecular formula is C17H24N2O. The van der Waals surface area contributed by atoms with Crippen LogP contribution in [0.15, 0.2) is 35.9 Å². The lowest BCUT2D eigenvalue weighted by atomic mass is 9.92. The van der Waals surface area contributed by atoms with Gasteiger partial charge in [0.25, 0.3) is 0 Å². The van der Waals surface area contributed by atoms with Gasteiger partial charge in [0.2, 0.25) is 5.91 Å². The molecule has 0 atom stereocenters. The van der Waals surface area contributed by atoms with Gasteiger partial charge in [0, 0.05) is 25.2 Å². The van der Waals surface area contributed by atoms with Crippen molar-refractivity contribution in [2.45, 2.75) is 26.7 Å². The van der Waals surface area contributed by atoms with Gasteiger partial charge in [-0.1, -0.05) is 37.3 Å². The number of benzene rings is 1. The Morgan fingerprint density at radius 2 is 2.00 bits per heavy atom. The quantitative estimate of drug-likeness (QED) is 0.894. The number of rotatable bonds is 5. The first kappa shape index (κ1) is 14.8. The number of carbonyl (C=O) groups excluding carboxylic acids is 1. The monoisotopic (exact) mass is 272 g/mol. The molecule has 1 aliphatic rings. The average Bonchev–Trinajstić information content (AvgIpc) is 2.49. The molecule has 0 aliphatic carbocycles. The molecule has 0 aromatic heterocycles. The minimum Gasteiger partial charge on any atom is -0.353 e. The first-order chi connectivity index (χ1) is 9.76. The van der Waals surface area contributed by atoms with Crippen molar-refractivity contribution in [1.82, 2.24) is 10.2 Å². The molecule has 108 valence electrons. The minimum absolute atomic E-state index is 0.0900. The summed E-state index contributed by atoms with van der Waals surface area (Å²) < 4.78 is 0. The van der Waals surface area contributed by atoms with Crippen LogP contribution in [0.5, 0.6) is 0 Å². The standard InChI is InChI=1S/C17H24N2O/c1-3-11-19-12-10-15(14-8-6-5-7-9-14)16(13-19)17(20)18-4-2/h5-9H,3-4,10-13H2,1-2H3,(H,18,20). The molecule has 1 aliphatic heterocycles. The van der Waals surface area contributed by atoms with E-state index in [1.165, 1.54) is 11.1 Å². The highest BCUT2D eigenvalue weighted by molar-refractivity contribution is 6.02. The fourth-order valence-corrected chi connectivity index (χ4v) is 2.76. The van der Waals surface area contributed by atoms with Crippen LogP contribution in [-0.2, 0) is 4.79 Å². The van der Waals surface area contributed by atoms with E-state index in [1.807, 2.05) is 25.1 Å². The Morgan fingerprint density at radius 1 is 1.25 bits per heavy atom. The number of hydrogen-bond acceptors (Lipinski definition) is 2. The van der Waals surface area contributed by atoms with Gasteiger partial charge >= 0.3 is 0 Å². The maximum Gasteiger partial charge on any atom is 0.248 e. The minimum atomic E-state index is 0.0900. The first-order valence-electron chi connectivity index (χ1n) is 7.54. The molecule has 3 nitrogen and oxygen atoms in total. The van der Waals surface area contributed by atoms with Crippen LogP contribution in [0.25, 0.3) is 5.57 Å². The molecule has 0 radical (unpaired) electrons. The fraction of sp³-hybridized carbons (Fsp3) is 0.471. The molecule has 1 aromatic carbocycles. The zero-order chi connectivity index (χ0) is 14.4. The van der Waals surface area contributed by atoms with Crippen LogP contribution in [0.1, 0.15) is 32.3 Å². The number of carbonyl (C=O) groups is 1. The lowest BCUT2D eigenvalue weighted by Gasteiger charge is -2.30. The van der Waals surface area contributed by atoms with E-state index < -0.39 is 0 Å². The zero-order valence-corrected chi connectivity index (χ0v) is 12.5. The SMILES string of the molecule is CCCN1CCC(c2ccccc2)=C(C(=O)NCC)C1. The molecule has 3 heteroatoms. The third-order valence-electron chi connectivity index (χ3n) is 3.70. The summed E-state index contributed by atoms with van der Waals surface area (Å²) in [5, 5.41) is 2.95. The lowest BCUT2D eigenvalue weighted by Crippen LogP contribution is -2.38. The Bertz CT molecular complexity index is 479. The summed E-state index contributed by atoms with van der Waals surface area (Å²) in [6, 6.07) is 10.3. The Balaban J connectivity index is 2.31. The molecule has 1 N–H and O–H groups in total. The normalized spacial score (nSPS) is 16.3. The maximum absolute atomic E-state index is 12.3. The van der Waals surface area contributed by atoms with E-state index in [2.05, 4.69) is 29.3 Å². The molecule has 20 heavy (non-hydrogen) atoms. The third kappa shape index (κ3) is 3.48. The molecule has 0 bridgehead atoms. The summed E-state index contributed by atoms with van der Waals surface area (Å²) in [4.78, 5) is 14.7. The van der Waals surface area contributed by atoms with Crippen LogP contribution in [0.4, 0.5) is 0 Å². The van der Waals surface area contributed by atoms with E-state index in [0.717, 1.165) is 38.0 Å². The van der Waals surface area contributed by atoms with Crippen molar-refractivity contribution < 1.29 is 4.79 Å². The molecule has 2 rings (SSSR count). The second-order valence-electron chi connectivity index (χ2n) is 5.21. The summed E-state index contributed by atoms with van der Waals surface area (Å²) in [6.07, 6.45) is 2.08. The molecular weight excluding hydrogens is 248 g/mol. The van der Waals surface area contributed by atoms with Gasteiger partial charge in [0.05, 0.1) is 0 Å². The Kier molecular flexibility index (Phi) is 5.36. The number of nitrogens with zero attached hydrogens (tertiary/aromatic N) is 1. The van der Waals surface area contributed by atoms with Crippen LogP contribution in [-0.4, -0.2) is 37.0 Å². The van der Waals surface area contributed by atoms with E-state index >= 15 is 0 Å². The van der Waals surface area contributed by atoms with E-state index in [0.29, 0.717) is 6.54 Å². The van der Waals surface area contributed by atoms with E-state index in [4.69, 9.17) is 0 Å². The Hall–Kier alpha value is -1.61. The van der Waals surface area contributed by atoms with Crippen molar-refractivity contribution in [3.63, 3.8) is 0 Å². The number of likely N-dealkylation sites (N-methyl/N-ethyl adjacent to an activating group) is 1. The van der Waals surface area contributed by atoms with Gasteiger partial charge < -0.3 is 5.32 Å². The molecule has 0 saturated heterocycles. The maximum atomic E-state index is 12.3. The predicted molar refractivity (Wildman–Crippen MR) is 83.4 cm³/mol. The molecule has 1 amide bonds. The Labute approximate surface area is 121 Å². The van der Waals surface area contributed by atoms with Gasteiger partial charge in [-0.15, -0.1) is 0 Å². The molecule has 0 spiro atoms. The number of nitrogens with one attached hydrogen (secondary N) is 1. The highest BCUT2D eigenvalue weighted by Gasteiger charge is 2.23. The first-order valence-corrected chi connectivity index (χ1v) is 7.54. The van der Waals surface area contributed by atoms with Crippen LogP contribution in [0.2, 0.25) is 0 Å². The topological polar surface area (TPSA) is 32.3 Å². The largest absolute Gasteiger partial charge is 0.353 e. The number of amides is 1. The van der Waals surface area contributed by atoms with Gasteiger partial charge in [0.15, 0.2) is 0 Å². The van der Waals surface area contributed by atoms with Crippen molar-refractivity contribution in [2.75, 3.05) is 26.2 Å². The van der Waals surface area contributed by atoms with Gasteiger partial charge in [0.1, 0.15) is 0 Å². The van der Waals surface area contributed by atoms with Gasteiger partial charge in [-0.3, -0.25) is 9.69 Å². The van der Waals surface area contributed by atoms with Crippen LogP contribution in [0.3, 0.4) is 0 Å². The smallest absolute Gasteiger partial charge is 0.248 e. The van der Waals surface area contributed by atoms with Crippen LogP contribution in [0, 0.1) is 0 Å². The fourth-order valence-electron chi connectivity index (χ4n) is 2.76. The molecule has 0 saturated carbocycles. The van der Waals surface area contributed by atoms with Gasteiger partial charge in [-0.25, -0.2) is 0 Å². The lowest BCUT2D eigenvalue weighted by molar-refractivity contribution is -0.117. The molecule has 1 aromatic rings. The average molecular weight is 272 g/mol. The predicted octanol–water partition coefficient (Wildman–Crippen LogP) is 2.69. The van der Waals surface area contributed by atoms with E-state index in [-0.39, 0.29) is 5.91 Å². The summed E-state index contributed by atoms with van der Waals surface area (Å²) >= 11 is 0. The molecule has 0 fully saturated rings. The number of hydrogen-bond donors (Lipinski definition) is 1. The van der Waals surface area contributed by atoms with Crippen molar-refractivity contribution in [3.05, 3.63) is 41.5 Å². The highest BCUT2D eigenvalue weighted by Crippen LogP contribution is 2.27. The highest BCUT2D eigenvalue weighted by atomic mass is 16.1. The van der Waals surface area contributed by atoms with Crippen molar-refractivity contribution in [2.24, 2.45) is 0 Å². The van der Waals surface area contributed by atoms with Gasteiger partial charge in [-0.2, -0.15) is 0 Å². The summed E-state index contributed by atoms with van der Waals surface area (Å²) in [5.74, 6) is 0.0900. The van der Waals surface area contributed by atoms with E-state index in [1.54, 1.807) is 0 Å². The Morgan fingerprint density at radius 3 is 2.65 bits per heavy atom. The molecule has 0 unspecified atom stereocenters. The summed E-state index contributed by atoms with van der Waals surface area (Å²) in [7, 11) is 0. The van der Waals surface area contributed by atoms with E-state index in [9.17, 15) is 4.79 Å². The van der Waals surface area contributed by atoms with Crippen LogP contribution >= 0.6 is 0 Å². The van der Waals surface area contributed by atoms with Crippen LogP contribution < -0.4 is 5.32 Å². The third-order valence-corrected chi connectivity index (χ3v) is 3.70. The molecule has 1 heterocycles. The van der Waals surface area contributed by atoms with Crippen molar-refractivity contribution >= 4 is 11.5 Å². The van der Waals surface area contributed by atoms with Crippen molar-refractivity contribution in [1.29, 1.82) is 0 Å². The van der Waals surface area contributed by atoms with Gasteiger partial charge in [-0.05, 0) is 37.4 Å². The summed E-state index contributed by atoms with van der Waals surface area (Å²) in [6.45, 7) is 7.70. The van der Waals surface area contributed by atoms with Crippen molar-refractivity contribution in [3.8, 4) is 0 Å². The second kappa shape index (κ2) is 7.25.